The third-order valence-electron chi connectivity index (χ3n) is 3.53. The highest BCUT2D eigenvalue weighted by molar-refractivity contribution is 5.39. The number of ether oxygens (including phenoxy) is 1. The van der Waals surface area contributed by atoms with Crippen molar-refractivity contribution in [3.63, 3.8) is 0 Å². The van der Waals surface area contributed by atoms with Crippen LogP contribution in [0.15, 0.2) is 48.5 Å². The van der Waals surface area contributed by atoms with Gasteiger partial charge in [-0.1, -0.05) is 24.3 Å². The van der Waals surface area contributed by atoms with Crippen LogP contribution in [0.3, 0.4) is 0 Å². The van der Waals surface area contributed by atoms with E-state index in [0.29, 0.717) is 0 Å². The molecule has 1 aliphatic rings. The molecule has 0 unspecified atom stereocenters. The number of aryl methyl sites for hydroxylation is 1. The molecule has 0 saturated carbocycles. The minimum absolute atomic E-state index is 0.179. The molecule has 0 aliphatic heterocycles. The minimum atomic E-state index is -0.698. The number of benzene rings is 2. The molecule has 3 rings (SSSR count). The number of fused-ring (bicyclic) bond motifs is 1. The van der Waals surface area contributed by atoms with Crippen LogP contribution in [0.1, 0.15) is 23.7 Å². The van der Waals surface area contributed by atoms with E-state index in [9.17, 15) is 10.2 Å². The van der Waals surface area contributed by atoms with Gasteiger partial charge in [-0.25, -0.2) is 0 Å². The molecule has 2 aromatic carbocycles. The van der Waals surface area contributed by atoms with E-state index in [2.05, 4.69) is 0 Å². The van der Waals surface area contributed by atoms with Crippen molar-refractivity contribution in [2.75, 3.05) is 0 Å². The molecular formula is C16H16O3. The molecule has 0 heterocycles. The summed E-state index contributed by atoms with van der Waals surface area (Å²) in [5.41, 5.74) is 1.85. The molecule has 2 aromatic rings. The lowest BCUT2D eigenvalue weighted by Gasteiger charge is -2.30. The Kier molecular flexibility index (Phi) is 3.13. The SMILES string of the molecule is Oc1ccc2c(c1)[C@H](O)[C@@H](Oc1ccccc1)CC2. The molecule has 2 N–H and O–H groups in total. The molecule has 1 aliphatic carbocycles. The number of phenolic OH excluding ortho intramolecular Hbond substituents is 1. The molecule has 0 spiro atoms. The highest BCUT2D eigenvalue weighted by Crippen LogP contribution is 2.34. The summed E-state index contributed by atoms with van der Waals surface area (Å²) < 4.78 is 5.83. The van der Waals surface area contributed by atoms with Crippen molar-refractivity contribution in [3.8, 4) is 11.5 Å². The van der Waals surface area contributed by atoms with Gasteiger partial charge < -0.3 is 14.9 Å². The van der Waals surface area contributed by atoms with Gasteiger partial charge in [0.05, 0.1) is 0 Å². The zero-order valence-electron chi connectivity index (χ0n) is 10.5. The van der Waals surface area contributed by atoms with Gasteiger partial charge in [0.25, 0.3) is 0 Å². The number of rotatable bonds is 2. The standard InChI is InChI=1S/C16H16O3/c17-12-8-6-11-7-9-15(16(18)14(11)10-12)19-13-4-2-1-3-5-13/h1-6,8,10,15-18H,7,9H2/t15-,16-/m0/s1. The van der Waals surface area contributed by atoms with Crippen molar-refractivity contribution in [2.24, 2.45) is 0 Å². The van der Waals surface area contributed by atoms with E-state index in [1.807, 2.05) is 36.4 Å². The fourth-order valence-electron chi connectivity index (χ4n) is 2.54. The van der Waals surface area contributed by atoms with Crippen LogP contribution >= 0.6 is 0 Å². The van der Waals surface area contributed by atoms with Gasteiger partial charge in [0.1, 0.15) is 23.7 Å². The fourth-order valence-corrected chi connectivity index (χ4v) is 2.54. The van der Waals surface area contributed by atoms with Crippen molar-refractivity contribution in [1.82, 2.24) is 0 Å². The quantitative estimate of drug-likeness (QED) is 0.868. The number of phenols is 1. The van der Waals surface area contributed by atoms with Gasteiger partial charge >= 0.3 is 0 Å². The third-order valence-corrected chi connectivity index (χ3v) is 3.53. The fraction of sp³-hybridized carbons (Fsp3) is 0.250. The molecule has 19 heavy (non-hydrogen) atoms. The van der Waals surface area contributed by atoms with Gasteiger partial charge in [-0.15, -0.1) is 0 Å². The van der Waals surface area contributed by atoms with Crippen LogP contribution in [0.5, 0.6) is 11.5 Å². The van der Waals surface area contributed by atoms with Crippen LogP contribution in [0.25, 0.3) is 0 Å². The van der Waals surface area contributed by atoms with Crippen LogP contribution in [0.2, 0.25) is 0 Å². The molecule has 3 heteroatoms. The Hall–Kier alpha value is -2.00. The van der Waals surface area contributed by atoms with Gasteiger partial charge in [-0.3, -0.25) is 0 Å². The van der Waals surface area contributed by atoms with E-state index in [-0.39, 0.29) is 11.9 Å². The maximum Gasteiger partial charge on any atom is 0.129 e. The average molecular weight is 256 g/mol. The van der Waals surface area contributed by atoms with Crippen LogP contribution < -0.4 is 4.74 Å². The monoisotopic (exact) mass is 256 g/mol. The third kappa shape index (κ3) is 2.42. The highest BCUT2D eigenvalue weighted by Gasteiger charge is 2.29. The molecule has 0 aromatic heterocycles. The Bertz CT molecular complexity index is 565. The smallest absolute Gasteiger partial charge is 0.129 e. The number of para-hydroxylation sites is 1. The molecule has 0 radical (unpaired) electrons. The summed E-state index contributed by atoms with van der Waals surface area (Å²) in [5.74, 6) is 0.938. The van der Waals surface area contributed by atoms with Gasteiger partial charge in [-0.05, 0) is 48.2 Å². The predicted octanol–water partition coefficient (Wildman–Crippen LogP) is 2.82. The largest absolute Gasteiger partial charge is 0.508 e. The van der Waals surface area contributed by atoms with E-state index in [1.54, 1.807) is 12.1 Å². The number of aliphatic hydroxyl groups excluding tert-OH is 1. The van der Waals surface area contributed by atoms with Crippen molar-refractivity contribution < 1.29 is 14.9 Å². The first-order chi connectivity index (χ1) is 9.24. The first-order valence-electron chi connectivity index (χ1n) is 6.45. The van der Waals surface area contributed by atoms with E-state index in [1.165, 1.54) is 0 Å². The molecule has 0 saturated heterocycles. The van der Waals surface area contributed by atoms with Gasteiger partial charge in [0, 0.05) is 0 Å². The van der Waals surface area contributed by atoms with Crippen molar-refractivity contribution in [2.45, 2.75) is 25.0 Å². The Morgan fingerprint density at radius 3 is 2.63 bits per heavy atom. The molecular weight excluding hydrogens is 240 g/mol. The van der Waals surface area contributed by atoms with E-state index < -0.39 is 6.10 Å². The molecule has 3 nitrogen and oxygen atoms in total. The average Bonchev–Trinajstić information content (AvgIpc) is 2.44. The van der Waals surface area contributed by atoms with Crippen LogP contribution in [0, 0.1) is 0 Å². The zero-order chi connectivity index (χ0) is 13.2. The zero-order valence-corrected chi connectivity index (χ0v) is 10.5. The van der Waals surface area contributed by atoms with E-state index in [4.69, 9.17) is 4.74 Å². The summed E-state index contributed by atoms with van der Waals surface area (Å²) in [6.45, 7) is 0. The van der Waals surface area contributed by atoms with Crippen molar-refractivity contribution >= 4 is 0 Å². The molecule has 98 valence electrons. The lowest BCUT2D eigenvalue weighted by atomic mass is 9.87. The Balaban J connectivity index is 1.83. The van der Waals surface area contributed by atoms with Crippen LogP contribution in [0.4, 0.5) is 0 Å². The van der Waals surface area contributed by atoms with Gasteiger partial charge in [0.2, 0.25) is 0 Å². The number of hydrogen-bond acceptors (Lipinski definition) is 3. The van der Waals surface area contributed by atoms with Crippen LogP contribution in [-0.2, 0) is 6.42 Å². The second-order valence-corrected chi connectivity index (χ2v) is 4.84. The van der Waals surface area contributed by atoms with E-state index >= 15 is 0 Å². The first-order valence-corrected chi connectivity index (χ1v) is 6.45. The highest BCUT2D eigenvalue weighted by atomic mass is 16.5. The normalized spacial score (nSPS) is 21.7. The lowest BCUT2D eigenvalue weighted by Crippen LogP contribution is -2.30. The van der Waals surface area contributed by atoms with E-state index in [0.717, 1.165) is 29.7 Å². The Morgan fingerprint density at radius 2 is 1.84 bits per heavy atom. The number of aliphatic hydroxyl groups is 1. The first kappa shape index (κ1) is 12.1. The van der Waals surface area contributed by atoms with Crippen LogP contribution in [-0.4, -0.2) is 16.3 Å². The summed E-state index contributed by atoms with van der Waals surface area (Å²) in [7, 11) is 0. The maximum atomic E-state index is 10.4. The Labute approximate surface area is 112 Å². The summed E-state index contributed by atoms with van der Waals surface area (Å²) in [6.07, 6.45) is 0.658. The number of hydrogen-bond donors (Lipinski definition) is 2. The summed E-state index contributed by atoms with van der Waals surface area (Å²) in [5, 5.41) is 19.9. The van der Waals surface area contributed by atoms with Crippen molar-refractivity contribution in [1.29, 1.82) is 0 Å². The predicted molar refractivity (Wildman–Crippen MR) is 72.2 cm³/mol. The molecule has 0 fully saturated rings. The van der Waals surface area contributed by atoms with Crippen molar-refractivity contribution in [3.05, 3.63) is 59.7 Å². The molecule has 2 atom stereocenters. The topological polar surface area (TPSA) is 49.7 Å². The second-order valence-electron chi connectivity index (χ2n) is 4.84. The second kappa shape index (κ2) is 4.94. The molecule has 0 amide bonds. The van der Waals surface area contributed by atoms with Gasteiger partial charge in [0.15, 0.2) is 0 Å². The summed E-state index contributed by atoms with van der Waals surface area (Å²) >= 11 is 0. The minimum Gasteiger partial charge on any atom is -0.508 e. The summed E-state index contributed by atoms with van der Waals surface area (Å²) in [4.78, 5) is 0. The maximum absolute atomic E-state index is 10.4. The summed E-state index contributed by atoms with van der Waals surface area (Å²) in [6, 6.07) is 14.7. The number of aromatic hydroxyl groups is 1. The lowest BCUT2D eigenvalue weighted by molar-refractivity contribution is 0.0229. The molecule has 0 bridgehead atoms. The Morgan fingerprint density at radius 1 is 1.05 bits per heavy atom. The van der Waals surface area contributed by atoms with Gasteiger partial charge in [-0.2, -0.15) is 0 Å².